The molecule has 0 fully saturated rings. The van der Waals surface area contributed by atoms with Crippen LogP contribution in [0.15, 0.2) is 29.2 Å². The van der Waals surface area contributed by atoms with E-state index in [0.717, 1.165) is 12.1 Å². The van der Waals surface area contributed by atoms with Crippen molar-refractivity contribution in [1.82, 2.24) is 0 Å². The van der Waals surface area contributed by atoms with Crippen LogP contribution in [0.3, 0.4) is 0 Å². The highest BCUT2D eigenvalue weighted by atomic mass is 32.2. The molecule has 5 heteroatoms. The molecule has 0 bridgehead atoms. The molecule has 2 N–H and O–H groups in total. The Kier molecular flexibility index (Phi) is 4.54. The average Bonchev–Trinajstić information content (AvgIpc) is 2.27. The molecule has 0 amide bonds. The minimum atomic E-state index is -3.11. The molecular weight excluding hydrogens is 236 g/mol. The van der Waals surface area contributed by atoms with Crippen molar-refractivity contribution in [2.24, 2.45) is 5.73 Å². The summed E-state index contributed by atoms with van der Waals surface area (Å²) in [7, 11) is -1.13. The second-order valence-corrected chi connectivity index (χ2v) is 6.32. The van der Waals surface area contributed by atoms with E-state index in [2.05, 4.69) is 11.8 Å². The topological polar surface area (TPSA) is 63.4 Å². The number of nitrogens with two attached hydrogens (primary N) is 1. The first-order valence-electron chi connectivity index (χ1n) is 5.59. The molecule has 17 heavy (non-hydrogen) atoms. The van der Waals surface area contributed by atoms with Crippen molar-refractivity contribution < 1.29 is 8.42 Å². The number of rotatable bonds is 5. The second kappa shape index (κ2) is 5.51. The summed E-state index contributed by atoms with van der Waals surface area (Å²) in [6.45, 7) is 2.74. The van der Waals surface area contributed by atoms with Crippen LogP contribution in [0.25, 0.3) is 0 Å². The Bertz CT molecular complexity index is 454. The Morgan fingerprint density at radius 2 is 1.82 bits per heavy atom. The van der Waals surface area contributed by atoms with Crippen molar-refractivity contribution in [3.05, 3.63) is 24.3 Å². The number of hydrogen-bond acceptors (Lipinski definition) is 4. The zero-order chi connectivity index (χ0) is 13.1. The quantitative estimate of drug-likeness (QED) is 0.861. The molecule has 0 aliphatic carbocycles. The van der Waals surface area contributed by atoms with Crippen LogP contribution in [0.5, 0.6) is 0 Å². The van der Waals surface area contributed by atoms with Gasteiger partial charge in [-0.05, 0) is 44.2 Å². The van der Waals surface area contributed by atoms with Crippen LogP contribution in [0.1, 0.15) is 13.3 Å². The van der Waals surface area contributed by atoms with Gasteiger partial charge in [0.15, 0.2) is 9.84 Å². The van der Waals surface area contributed by atoms with Gasteiger partial charge < -0.3 is 10.6 Å². The van der Waals surface area contributed by atoms with Crippen molar-refractivity contribution in [3.8, 4) is 0 Å². The maximum absolute atomic E-state index is 11.3. The third kappa shape index (κ3) is 3.71. The summed E-state index contributed by atoms with van der Waals surface area (Å²) in [6.07, 6.45) is 2.12. The standard InChI is InChI=1S/C12H20N2O2S/c1-10(8-9-13)14(2)11-4-6-12(7-5-11)17(3,15)16/h4-7,10H,8-9,13H2,1-3H3. The van der Waals surface area contributed by atoms with Gasteiger partial charge in [-0.25, -0.2) is 8.42 Å². The van der Waals surface area contributed by atoms with E-state index in [1.807, 2.05) is 19.2 Å². The van der Waals surface area contributed by atoms with Gasteiger partial charge in [0.2, 0.25) is 0 Å². The predicted molar refractivity (Wildman–Crippen MR) is 71.1 cm³/mol. The number of hydrogen-bond donors (Lipinski definition) is 1. The lowest BCUT2D eigenvalue weighted by Gasteiger charge is -2.26. The number of benzene rings is 1. The van der Waals surface area contributed by atoms with Crippen molar-refractivity contribution in [3.63, 3.8) is 0 Å². The largest absolute Gasteiger partial charge is 0.372 e. The first-order chi connectivity index (χ1) is 7.86. The summed E-state index contributed by atoms with van der Waals surface area (Å²) < 4.78 is 22.6. The lowest BCUT2D eigenvalue weighted by atomic mass is 10.2. The summed E-state index contributed by atoms with van der Waals surface area (Å²) in [5.41, 5.74) is 6.52. The Labute approximate surface area is 103 Å². The molecule has 0 aromatic heterocycles. The van der Waals surface area contributed by atoms with Crippen molar-refractivity contribution in [2.45, 2.75) is 24.3 Å². The van der Waals surface area contributed by atoms with E-state index in [1.54, 1.807) is 12.1 Å². The number of sulfone groups is 1. The molecule has 1 atom stereocenters. The molecule has 1 unspecified atom stereocenters. The fraction of sp³-hybridized carbons (Fsp3) is 0.500. The highest BCUT2D eigenvalue weighted by molar-refractivity contribution is 7.90. The molecule has 1 aromatic rings. The second-order valence-electron chi connectivity index (χ2n) is 4.30. The van der Waals surface area contributed by atoms with Crippen LogP contribution in [-0.4, -0.2) is 34.3 Å². The van der Waals surface area contributed by atoms with Gasteiger partial charge in [-0.3, -0.25) is 0 Å². The van der Waals surface area contributed by atoms with E-state index >= 15 is 0 Å². The first-order valence-corrected chi connectivity index (χ1v) is 7.48. The van der Waals surface area contributed by atoms with Crippen molar-refractivity contribution in [2.75, 3.05) is 24.7 Å². The van der Waals surface area contributed by atoms with Gasteiger partial charge in [-0.2, -0.15) is 0 Å². The van der Waals surface area contributed by atoms with E-state index in [4.69, 9.17) is 5.73 Å². The Morgan fingerprint density at radius 1 is 1.29 bits per heavy atom. The van der Waals surface area contributed by atoms with Crippen molar-refractivity contribution in [1.29, 1.82) is 0 Å². The van der Waals surface area contributed by atoms with Crippen LogP contribution in [0, 0.1) is 0 Å². The van der Waals surface area contributed by atoms with E-state index in [1.165, 1.54) is 6.26 Å². The summed E-state index contributed by atoms with van der Waals surface area (Å²) in [5.74, 6) is 0. The van der Waals surface area contributed by atoms with Gasteiger partial charge in [-0.15, -0.1) is 0 Å². The summed E-state index contributed by atoms with van der Waals surface area (Å²) in [6, 6.07) is 7.25. The predicted octanol–water partition coefficient (Wildman–Crippen LogP) is 1.26. The highest BCUT2D eigenvalue weighted by Gasteiger charge is 2.11. The summed E-state index contributed by atoms with van der Waals surface area (Å²) in [4.78, 5) is 2.44. The van der Waals surface area contributed by atoms with Crippen molar-refractivity contribution >= 4 is 15.5 Å². The Morgan fingerprint density at radius 3 is 2.24 bits per heavy atom. The highest BCUT2D eigenvalue weighted by Crippen LogP contribution is 2.19. The lowest BCUT2D eigenvalue weighted by molar-refractivity contribution is 0.602. The molecule has 1 aromatic carbocycles. The van der Waals surface area contributed by atoms with Crippen LogP contribution in [0.2, 0.25) is 0 Å². The zero-order valence-corrected chi connectivity index (χ0v) is 11.4. The van der Waals surface area contributed by atoms with E-state index in [-0.39, 0.29) is 0 Å². The average molecular weight is 256 g/mol. The third-order valence-corrected chi connectivity index (χ3v) is 4.05. The smallest absolute Gasteiger partial charge is 0.175 e. The SMILES string of the molecule is CC(CCN)N(C)c1ccc(S(C)(=O)=O)cc1. The summed E-state index contributed by atoms with van der Waals surface area (Å²) in [5, 5.41) is 0. The lowest BCUT2D eigenvalue weighted by Crippen LogP contribution is -2.30. The third-order valence-electron chi connectivity index (χ3n) is 2.92. The van der Waals surface area contributed by atoms with Gasteiger partial charge in [0.25, 0.3) is 0 Å². The zero-order valence-electron chi connectivity index (χ0n) is 10.6. The molecule has 4 nitrogen and oxygen atoms in total. The van der Waals surface area contributed by atoms with Gasteiger partial charge in [-0.1, -0.05) is 0 Å². The molecule has 96 valence electrons. The molecule has 0 heterocycles. The fourth-order valence-corrected chi connectivity index (χ4v) is 2.25. The number of anilines is 1. The summed E-state index contributed by atoms with van der Waals surface area (Å²) >= 11 is 0. The molecule has 1 rings (SSSR count). The molecule has 0 aliphatic rings. The van der Waals surface area contributed by atoms with Gasteiger partial charge in [0, 0.05) is 25.0 Å². The Balaban J connectivity index is 2.88. The van der Waals surface area contributed by atoms with Gasteiger partial charge in [0.05, 0.1) is 4.90 Å². The number of nitrogens with zero attached hydrogens (tertiary/aromatic N) is 1. The molecule has 0 spiro atoms. The van der Waals surface area contributed by atoms with Gasteiger partial charge >= 0.3 is 0 Å². The van der Waals surface area contributed by atoms with Crippen LogP contribution < -0.4 is 10.6 Å². The molecule has 0 radical (unpaired) electrons. The maximum atomic E-state index is 11.3. The molecule has 0 saturated heterocycles. The fourth-order valence-electron chi connectivity index (χ4n) is 1.62. The van der Waals surface area contributed by atoms with Crippen LogP contribution >= 0.6 is 0 Å². The maximum Gasteiger partial charge on any atom is 0.175 e. The first kappa shape index (κ1) is 14.0. The minimum Gasteiger partial charge on any atom is -0.372 e. The molecule has 0 saturated carbocycles. The monoisotopic (exact) mass is 256 g/mol. The Hall–Kier alpha value is -1.07. The molecule has 0 aliphatic heterocycles. The normalized spacial score (nSPS) is 13.4. The molecular formula is C12H20N2O2S. The minimum absolute atomic E-state index is 0.337. The van der Waals surface area contributed by atoms with E-state index in [0.29, 0.717) is 17.5 Å². The van der Waals surface area contributed by atoms with Crippen LogP contribution in [-0.2, 0) is 9.84 Å². The van der Waals surface area contributed by atoms with Gasteiger partial charge in [0.1, 0.15) is 0 Å². The van der Waals surface area contributed by atoms with E-state index in [9.17, 15) is 8.42 Å². The van der Waals surface area contributed by atoms with E-state index < -0.39 is 9.84 Å². The van der Waals surface area contributed by atoms with Crippen LogP contribution in [0.4, 0.5) is 5.69 Å².